The van der Waals surface area contributed by atoms with Crippen molar-refractivity contribution in [3.05, 3.63) is 110 Å². The molecule has 0 aliphatic heterocycles. The molecule has 0 unspecified atom stereocenters. The summed E-state index contributed by atoms with van der Waals surface area (Å²) in [5.74, 6) is -1.58. The minimum Gasteiger partial charge on any atom is -0.423 e. The van der Waals surface area contributed by atoms with Crippen LogP contribution < -0.4 is 10.1 Å². The molecule has 0 saturated carbocycles. The zero-order valence-electron chi connectivity index (χ0n) is 17.2. The topological polar surface area (TPSA) is 165 Å². The van der Waals surface area contributed by atoms with Crippen LogP contribution in [0.1, 0.15) is 15.9 Å². The molecule has 11 nitrogen and oxygen atoms in total. The van der Waals surface area contributed by atoms with Gasteiger partial charge in [-0.2, -0.15) is 5.26 Å². The van der Waals surface area contributed by atoms with Crippen molar-refractivity contribution in [1.82, 2.24) is 0 Å². The number of hydrogen-bond donors (Lipinski definition) is 1. The molecule has 0 atom stereocenters. The van der Waals surface area contributed by atoms with Gasteiger partial charge in [0.25, 0.3) is 17.3 Å². The third-order valence-electron chi connectivity index (χ3n) is 4.40. The highest BCUT2D eigenvalue weighted by molar-refractivity contribution is 6.09. The molecule has 0 fully saturated rings. The molecule has 3 aromatic carbocycles. The highest BCUT2D eigenvalue weighted by atomic mass is 16.6. The zero-order chi connectivity index (χ0) is 24.7. The van der Waals surface area contributed by atoms with E-state index in [9.17, 15) is 35.1 Å². The standard InChI is InChI=1S/C23H14N4O7/c24-14-16(22(28)25-17-4-3-5-18(13-17)26(30)31)12-15-8-10-19(11-9-15)34-23(29)20-6-1-2-7-21(20)27(32)33/h1-13H,(H,25,28)/b16-12+. The van der Waals surface area contributed by atoms with E-state index in [0.717, 1.165) is 6.07 Å². The molecular weight excluding hydrogens is 444 g/mol. The molecule has 3 rings (SSSR count). The number of ether oxygens (including phenoxy) is 1. The Bertz CT molecular complexity index is 1360. The Hall–Kier alpha value is -5.37. The summed E-state index contributed by atoms with van der Waals surface area (Å²) in [6, 6.07) is 18.1. The van der Waals surface area contributed by atoms with Crippen molar-refractivity contribution >= 4 is 35.0 Å². The van der Waals surface area contributed by atoms with Crippen LogP contribution in [0, 0.1) is 31.6 Å². The second-order valence-corrected chi connectivity index (χ2v) is 6.66. The van der Waals surface area contributed by atoms with Gasteiger partial charge in [0.05, 0.1) is 9.85 Å². The van der Waals surface area contributed by atoms with Crippen molar-refractivity contribution < 1.29 is 24.2 Å². The number of nitro groups is 2. The number of rotatable bonds is 7. The van der Waals surface area contributed by atoms with Crippen LogP contribution in [0.5, 0.6) is 5.75 Å². The van der Waals surface area contributed by atoms with Gasteiger partial charge in [-0.15, -0.1) is 0 Å². The van der Waals surface area contributed by atoms with E-state index in [1.807, 2.05) is 0 Å². The molecule has 0 saturated heterocycles. The van der Waals surface area contributed by atoms with Gasteiger partial charge in [0.1, 0.15) is 23.0 Å². The Balaban J connectivity index is 1.72. The first-order valence-electron chi connectivity index (χ1n) is 9.52. The summed E-state index contributed by atoms with van der Waals surface area (Å²) in [6.45, 7) is 0. The molecule has 1 N–H and O–H groups in total. The summed E-state index contributed by atoms with van der Waals surface area (Å²) in [5, 5.41) is 33.7. The normalized spacial score (nSPS) is 10.6. The van der Waals surface area contributed by atoms with Crippen LogP contribution in [0.3, 0.4) is 0 Å². The summed E-state index contributed by atoms with van der Waals surface area (Å²) in [6.07, 6.45) is 1.28. The number of non-ortho nitro benzene ring substituents is 1. The smallest absolute Gasteiger partial charge is 0.350 e. The molecule has 168 valence electrons. The monoisotopic (exact) mass is 458 g/mol. The van der Waals surface area contributed by atoms with Crippen molar-refractivity contribution in [2.24, 2.45) is 0 Å². The number of nitro benzene ring substituents is 2. The first-order chi connectivity index (χ1) is 16.3. The lowest BCUT2D eigenvalue weighted by atomic mass is 10.1. The maximum absolute atomic E-state index is 12.4. The minimum absolute atomic E-state index is 0.0971. The fourth-order valence-electron chi connectivity index (χ4n) is 2.81. The van der Waals surface area contributed by atoms with Gasteiger partial charge >= 0.3 is 5.97 Å². The Morgan fingerprint density at radius 1 is 0.941 bits per heavy atom. The number of anilines is 1. The SMILES string of the molecule is N#C/C(=C\c1ccc(OC(=O)c2ccccc2[N+](=O)[O-])cc1)C(=O)Nc1cccc([N+](=O)[O-])c1. The fraction of sp³-hybridized carbons (Fsp3) is 0. The molecule has 0 radical (unpaired) electrons. The second kappa shape index (κ2) is 10.3. The highest BCUT2D eigenvalue weighted by Crippen LogP contribution is 2.22. The van der Waals surface area contributed by atoms with Crippen LogP contribution in [0.4, 0.5) is 17.1 Å². The number of benzene rings is 3. The van der Waals surface area contributed by atoms with Gasteiger partial charge in [0.2, 0.25) is 0 Å². The average molecular weight is 458 g/mol. The van der Waals surface area contributed by atoms with Gasteiger partial charge in [-0.05, 0) is 35.9 Å². The summed E-state index contributed by atoms with van der Waals surface area (Å²) < 4.78 is 5.17. The number of hydrogen-bond acceptors (Lipinski definition) is 8. The quantitative estimate of drug-likeness (QED) is 0.137. The van der Waals surface area contributed by atoms with Crippen LogP contribution in [-0.2, 0) is 4.79 Å². The number of nitrogens with zero attached hydrogens (tertiary/aromatic N) is 3. The fourth-order valence-corrected chi connectivity index (χ4v) is 2.81. The minimum atomic E-state index is -0.912. The Morgan fingerprint density at radius 2 is 1.65 bits per heavy atom. The predicted molar refractivity (Wildman–Crippen MR) is 120 cm³/mol. The first-order valence-corrected chi connectivity index (χ1v) is 9.52. The molecule has 0 aliphatic rings. The van der Waals surface area contributed by atoms with Gasteiger partial charge in [-0.1, -0.05) is 30.3 Å². The maximum atomic E-state index is 12.4. The van der Waals surface area contributed by atoms with E-state index in [4.69, 9.17) is 4.74 Å². The Labute approximate surface area is 191 Å². The van der Waals surface area contributed by atoms with Gasteiger partial charge in [0, 0.05) is 23.9 Å². The lowest BCUT2D eigenvalue weighted by Crippen LogP contribution is -2.13. The van der Waals surface area contributed by atoms with E-state index >= 15 is 0 Å². The van der Waals surface area contributed by atoms with Gasteiger partial charge in [-0.25, -0.2) is 4.79 Å². The molecule has 11 heteroatoms. The average Bonchev–Trinajstić information content (AvgIpc) is 2.83. The van der Waals surface area contributed by atoms with Gasteiger partial charge < -0.3 is 10.1 Å². The molecular formula is C23H14N4O7. The number of esters is 1. The van der Waals surface area contributed by atoms with Crippen molar-refractivity contribution in [2.45, 2.75) is 0 Å². The van der Waals surface area contributed by atoms with Crippen LogP contribution in [0.2, 0.25) is 0 Å². The summed E-state index contributed by atoms with van der Waals surface area (Å²) in [7, 11) is 0. The molecule has 0 bridgehead atoms. The molecule has 0 spiro atoms. The van der Waals surface area contributed by atoms with Crippen molar-refractivity contribution in [3.8, 4) is 11.8 Å². The van der Waals surface area contributed by atoms with Crippen LogP contribution in [-0.4, -0.2) is 21.7 Å². The van der Waals surface area contributed by atoms with Crippen LogP contribution >= 0.6 is 0 Å². The largest absolute Gasteiger partial charge is 0.423 e. The van der Waals surface area contributed by atoms with E-state index in [2.05, 4.69) is 5.32 Å². The van der Waals surface area contributed by atoms with Crippen molar-refractivity contribution in [3.63, 3.8) is 0 Å². The number of nitriles is 1. The molecule has 0 heterocycles. The van der Waals surface area contributed by atoms with E-state index < -0.39 is 21.7 Å². The number of carbonyl (C=O) groups is 2. The maximum Gasteiger partial charge on any atom is 0.350 e. The van der Waals surface area contributed by atoms with E-state index in [0.29, 0.717) is 5.56 Å². The Kier molecular flexibility index (Phi) is 7.05. The van der Waals surface area contributed by atoms with Crippen LogP contribution in [0.25, 0.3) is 6.08 Å². The predicted octanol–water partition coefficient (Wildman–Crippen LogP) is 4.27. The van der Waals surface area contributed by atoms with Gasteiger partial charge in [0.15, 0.2) is 0 Å². The van der Waals surface area contributed by atoms with E-state index in [1.165, 1.54) is 72.8 Å². The summed E-state index contributed by atoms with van der Waals surface area (Å²) >= 11 is 0. The van der Waals surface area contributed by atoms with Crippen LogP contribution in [0.15, 0.2) is 78.4 Å². The molecule has 0 aromatic heterocycles. The molecule has 34 heavy (non-hydrogen) atoms. The Morgan fingerprint density at radius 3 is 2.29 bits per heavy atom. The molecule has 3 aromatic rings. The highest BCUT2D eigenvalue weighted by Gasteiger charge is 2.21. The first kappa shape index (κ1) is 23.3. The summed E-state index contributed by atoms with van der Waals surface area (Å²) in [5.41, 5.74) is -0.502. The molecule has 0 aliphatic carbocycles. The van der Waals surface area contributed by atoms with Crippen molar-refractivity contribution in [2.75, 3.05) is 5.32 Å². The van der Waals surface area contributed by atoms with E-state index in [-0.39, 0.29) is 33.9 Å². The van der Waals surface area contributed by atoms with Gasteiger partial charge in [-0.3, -0.25) is 25.0 Å². The molecule has 1 amide bonds. The van der Waals surface area contributed by atoms with E-state index in [1.54, 1.807) is 6.07 Å². The number of nitrogens with one attached hydrogen (secondary N) is 1. The second-order valence-electron chi connectivity index (χ2n) is 6.66. The van der Waals surface area contributed by atoms with Crippen molar-refractivity contribution in [1.29, 1.82) is 5.26 Å². The number of para-hydroxylation sites is 1. The number of carbonyl (C=O) groups excluding carboxylic acids is 2. The summed E-state index contributed by atoms with van der Waals surface area (Å²) in [4.78, 5) is 45.3. The lowest BCUT2D eigenvalue weighted by Gasteiger charge is -2.06. The third kappa shape index (κ3) is 5.65. The lowest BCUT2D eigenvalue weighted by molar-refractivity contribution is -0.385. The zero-order valence-corrected chi connectivity index (χ0v) is 17.2. The number of amides is 1. The third-order valence-corrected chi connectivity index (χ3v) is 4.40.